The number of rotatable bonds is 0. The molecule has 0 aromatic rings. The van der Waals surface area contributed by atoms with Crippen molar-refractivity contribution >= 4 is 0 Å². The molecule has 0 aromatic carbocycles. The van der Waals surface area contributed by atoms with Crippen LogP contribution in [0.3, 0.4) is 0 Å². The minimum absolute atomic E-state index is 0.0395. The zero-order valence-electron chi connectivity index (χ0n) is 7.07. The first-order valence-electron chi connectivity index (χ1n) is 5.11. The third kappa shape index (κ3) is 0.409. The molecule has 2 heteroatoms. The second-order valence-electron chi connectivity index (χ2n) is 5.10. The van der Waals surface area contributed by atoms with Gasteiger partial charge in [0.15, 0.2) is 0 Å². The van der Waals surface area contributed by atoms with Crippen LogP contribution in [0.25, 0.3) is 0 Å². The third-order valence-corrected chi connectivity index (χ3v) is 5.11. The van der Waals surface area contributed by atoms with Crippen LogP contribution in [0, 0.1) is 29.1 Å². The van der Waals surface area contributed by atoms with Gasteiger partial charge in [-0.25, -0.2) is 0 Å². The van der Waals surface area contributed by atoms with Crippen molar-refractivity contribution in [3.05, 3.63) is 0 Å². The first-order chi connectivity index (χ1) is 5.86. The van der Waals surface area contributed by atoms with Gasteiger partial charge in [0.1, 0.15) is 0 Å². The fourth-order valence-electron chi connectivity index (χ4n) is 4.70. The van der Waals surface area contributed by atoms with E-state index in [0.717, 1.165) is 25.0 Å². The number of hydrogen-bond donors (Lipinski definition) is 1. The van der Waals surface area contributed by atoms with E-state index in [2.05, 4.69) is 0 Å². The van der Waals surface area contributed by atoms with E-state index in [9.17, 15) is 5.11 Å². The minimum atomic E-state index is 0.0395. The Balaban J connectivity index is 1.87. The Morgan fingerprint density at radius 3 is 2.92 bits per heavy atom. The van der Waals surface area contributed by atoms with Gasteiger partial charge in [-0.3, -0.25) is 0 Å². The Morgan fingerprint density at radius 2 is 2.17 bits per heavy atom. The smallest absolute Gasteiger partial charge is 0.0609 e. The Morgan fingerprint density at radius 1 is 1.25 bits per heavy atom. The number of hydrogen-bond acceptors (Lipinski definition) is 2. The van der Waals surface area contributed by atoms with Gasteiger partial charge in [0.2, 0.25) is 0 Å². The summed E-state index contributed by atoms with van der Waals surface area (Å²) < 4.78 is 5.57. The normalized spacial score (nSPS) is 71.2. The molecule has 4 aliphatic carbocycles. The lowest BCUT2D eigenvalue weighted by molar-refractivity contribution is 0.0350. The first kappa shape index (κ1) is 6.39. The molecular formula is C10H14O2. The van der Waals surface area contributed by atoms with Crippen LogP contribution >= 0.6 is 0 Å². The van der Waals surface area contributed by atoms with E-state index < -0.39 is 0 Å². The molecule has 6 unspecified atom stereocenters. The molecule has 1 spiro atoms. The van der Waals surface area contributed by atoms with Crippen molar-refractivity contribution in [3.8, 4) is 0 Å². The van der Waals surface area contributed by atoms with Crippen LogP contribution < -0.4 is 0 Å². The molecule has 0 amide bonds. The van der Waals surface area contributed by atoms with Gasteiger partial charge < -0.3 is 9.84 Å². The first-order valence-corrected chi connectivity index (χ1v) is 5.11. The summed E-state index contributed by atoms with van der Waals surface area (Å²) in [5, 5.41) is 9.97. The van der Waals surface area contributed by atoms with E-state index in [1.54, 1.807) is 0 Å². The van der Waals surface area contributed by atoms with Crippen LogP contribution in [0.4, 0.5) is 0 Å². The van der Waals surface area contributed by atoms with Crippen molar-refractivity contribution < 1.29 is 9.84 Å². The summed E-state index contributed by atoms with van der Waals surface area (Å²) >= 11 is 0. The Labute approximate surface area is 71.9 Å². The lowest BCUT2D eigenvalue weighted by Gasteiger charge is -2.32. The van der Waals surface area contributed by atoms with Crippen molar-refractivity contribution in [2.24, 2.45) is 29.1 Å². The molecule has 1 N–H and O–H groups in total. The van der Waals surface area contributed by atoms with Gasteiger partial charge in [0.05, 0.1) is 19.3 Å². The standard InChI is InChI=1S/C10H14O2/c11-9-5-1-2-6-8(9)10(6)4-12-3-7(5)10/h5-9,11H,1-4H2. The fourth-order valence-corrected chi connectivity index (χ4v) is 4.70. The van der Waals surface area contributed by atoms with E-state index in [0.29, 0.717) is 17.3 Å². The molecule has 1 heterocycles. The summed E-state index contributed by atoms with van der Waals surface area (Å²) in [5.74, 6) is 2.81. The third-order valence-electron chi connectivity index (χ3n) is 5.11. The number of aliphatic hydroxyl groups excluding tert-OH is 1. The molecule has 5 rings (SSSR count). The summed E-state index contributed by atoms with van der Waals surface area (Å²) in [6, 6.07) is 0. The maximum absolute atomic E-state index is 9.97. The van der Waals surface area contributed by atoms with E-state index in [-0.39, 0.29) is 6.10 Å². The molecule has 5 fully saturated rings. The molecule has 0 radical (unpaired) electrons. The summed E-state index contributed by atoms with van der Waals surface area (Å²) in [6.45, 7) is 1.90. The summed E-state index contributed by atoms with van der Waals surface area (Å²) in [6.07, 6.45) is 2.67. The molecule has 6 atom stereocenters. The Kier molecular flexibility index (Phi) is 0.851. The van der Waals surface area contributed by atoms with Crippen LogP contribution in [0.2, 0.25) is 0 Å². The minimum Gasteiger partial charge on any atom is -0.393 e. The van der Waals surface area contributed by atoms with Crippen LogP contribution in [0.1, 0.15) is 12.8 Å². The monoisotopic (exact) mass is 166 g/mol. The van der Waals surface area contributed by atoms with Gasteiger partial charge in [0.25, 0.3) is 0 Å². The predicted octanol–water partition coefficient (Wildman–Crippen LogP) is 0.650. The molecule has 1 saturated heterocycles. The molecule has 5 aliphatic rings. The van der Waals surface area contributed by atoms with Crippen molar-refractivity contribution in [3.63, 3.8) is 0 Å². The van der Waals surface area contributed by atoms with Crippen LogP contribution in [0.5, 0.6) is 0 Å². The SMILES string of the molecule is OC1C2CCC3C1C31COCC21. The highest BCUT2D eigenvalue weighted by Crippen LogP contribution is 2.79. The van der Waals surface area contributed by atoms with Crippen LogP contribution in [-0.2, 0) is 4.74 Å². The fraction of sp³-hybridized carbons (Fsp3) is 1.00. The zero-order chi connectivity index (χ0) is 7.92. The molecule has 4 bridgehead atoms. The molecule has 4 saturated carbocycles. The van der Waals surface area contributed by atoms with Crippen molar-refractivity contribution in [1.82, 2.24) is 0 Å². The maximum Gasteiger partial charge on any atom is 0.0609 e. The lowest BCUT2D eigenvalue weighted by Crippen LogP contribution is -2.33. The molecule has 2 nitrogen and oxygen atoms in total. The largest absolute Gasteiger partial charge is 0.393 e. The van der Waals surface area contributed by atoms with Gasteiger partial charge in [-0.1, -0.05) is 0 Å². The second kappa shape index (κ2) is 1.60. The quantitative estimate of drug-likeness (QED) is 0.572. The number of ether oxygens (including phenoxy) is 1. The maximum atomic E-state index is 9.97. The average molecular weight is 166 g/mol. The Hall–Kier alpha value is -0.0800. The van der Waals surface area contributed by atoms with Crippen molar-refractivity contribution in [2.75, 3.05) is 13.2 Å². The van der Waals surface area contributed by atoms with Gasteiger partial charge in [-0.05, 0) is 36.5 Å². The zero-order valence-corrected chi connectivity index (χ0v) is 7.07. The van der Waals surface area contributed by atoms with Gasteiger partial charge in [0, 0.05) is 5.41 Å². The van der Waals surface area contributed by atoms with E-state index in [4.69, 9.17) is 4.74 Å². The van der Waals surface area contributed by atoms with E-state index in [1.165, 1.54) is 12.8 Å². The lowest BCUT2D eigenvalue weighted by atomic mass is 9.73. The highest BCUT2D eigenvalue weighted by Gasteiger charge is 2.80. The van der Waals surface area contributed by atoms with Gasteiger partial charge in [-0.15, -0.1) is 0 Å². The topological polar surface area (TPSA) is 29.5 Å². The second-order valence-corrected chi connectivity index (χ2v) is 5.10. The van der Waals surface area contributed by atoms with Crippen LogP contribution in [-0.4, -0.2) is 24.4 Å². The van der Waals surface area contributed by atoms with Gasteiger partial charge in [-0.2, -0.15) is 0 Å². The van der Waals surface area contributed by atoms with Gasteiger partial charge >= 0.3 is 0 Å². The number of fused-ring (bicyclic) bond motifs is 1. The Bertz CT molecular complexity index is 250. The highest BCUT2D eigenvalue weighted by molar-refractivity contribution is 5.27. The van der Waals surface area contributed by atoms with Crippen molar-refractivity contribution in [2.45, 2.75) is 18.9 Å². The summed E-state index contributed by atoms with van der Waals surface area (Å²) in [4.78, 5) is 0. The average Bonchev–Trinajstić information content (AvgIpc) is 2.46. The molecular weight excluding hydrogens is 152 g/mol. The molecule has 66 valence electrons. The summed E-state index contributed by atoms with van der Waals surface area (Å²) in [7, 11) is 0. The highest BCUT2D eigenvalue weighted by atomic mass is 16.5. The predicted molar refractivity (Wildman–Crippen MR) is 42.5 cm³/mol. The molecule has 0 aromatic heterocycles. The van der Waals surface area contributed by atoms with E-state index >= 15 is 0 Å². The van der Waals surface area contributed by atoms with Crippen molar-refractivity contribution in [1.29, 1.82) is 0 Å². The van der Waals surface area contributed by atoms with Crippen LogP contribution in [0.15, 0.2) is 0 Å². The summed E-state index contributed by atoms with van der Waals surface area (Å²) in [5.41, 5.74) is 0.488. The van der Waals surface area contributed by atoms with E-state index in [1.807, 2.05) is 0 Å². The molecule has 12 heavy (non-hydrogen) atoms. The number of aliphatic hydroxyl groups is 1. The molecule has 1 aliphatic heterocycles.